The first-order valence-corrected chi connectivity index (χ1v) is 6.69. The summed E-state index contributed by atoms with van der Waals surface area (Å²) in [6.07, 6.45) is 0. The smallest absolute Gasteiger partial charge is 0.236 e. The molecule has 5 nitrogen and oxygen atoms in total. The number of rotatable bonds is 5. The lowest BCUT2D eigenvalue weighted by Gasteiger charge is -2.34. The molecule has 5 heteroatoms. The first-order chi connectivity index (χ1) is 8.34. The zero-order chi connectivity index (χ0) is 13.8. The van der Waals surface area contributed by atoms with Gasteiger partial charge >= 0.3 is 0 Å². The van der Waals surface area contributed by atoms with Crippen LogP contribution < -0.4 is 5.73 Å². The molecule has 2 N–H and O–H groups in total. The Morgan fingerprint density at radius 2 is 1.83 bits per heavy atom. The van der Waals surface area contributed by atoms with Crippen LogP contribution in [0.25, 0.3) is 0 Å². The molecule has 0 radical (unpaired) electrons. The lowest BCUT2D eigenvalue weighted by atomic mass is 9.93. The van der Waals surface area contributed by atoms with Gasteiger partial charge in [0.2, 0.25) is 5.91 Å². The topological polar surface area (TPSA) is 52.8 Å². The molecule has 1 amide bonds. The number of hydrogen-bond acceptors (Lipinski definition) is 4. The van der Waals surface area contributed by atoms with Gasteiger partial charge in [0.05, 0.1) is 6.54 Å². The number of carbonyl (C=O) groups is 1. The van der Waals surface area contributed by atoms with Crippen LogP contribution in [-0.2, 0) is 4.79 Å². The molecule has 0 aromatic carbocycles. The van der Waals surface area contributed by atoms with E-state index in [4.69, 9.17) is 5.73 Å². The van der Waals surface area contributed by atoms with E-state index in [1.54, 1.807) is 0 Å². The fourth-order valence-electron chi connectivity index (χ4n) is 2.24. The number of carbonyl (C=O) groups excluding carboxylic acids is 1. The zero-order valence-electron chi connectivity index (χ0n) is 12.3. The summed E-state index contributed by atoms with van der Waals surface area (Å²) in [5, 5.41) is 0. The summed E-state index contributed by atoms with van der Waals surface area (Å²) >= 11 is 0. The second kappa shape index (κ2) is 6.50. The Kier molecular flexibility index (Phi) is 5.56. The first kappa shape index (κ1) is 15.4. The Bertz CT molecular complexity index is 272. The number of likely N-dealkylation sites (N-methyl/N-ethyl adjacent to an activating group) is 2. The SMILES string of the molecule is CN1CCN(C(=O)CN(C)CC(C)(C)CN)CC1. The fraction of sp³-hybridized carbons (Fsp3) is 0.923. The van der Waals surface area contributed by atoms with Crippen molar-refractivity contribution >= 4 is 5.91 Å². The molecule has 1 heterocycles. The third-order valence-corrected chi connectivity index (χ3v) is 3.51. The minimum atomic E-state index is 0.0666. The predicted octanol–water partition coefficient (Wildman–Crippen LogP) is -0.323. The highest BCUT2D eigenvalue weighted by Gasteiger charge is 2.23. The number of hydrogen-bond donors (Lipinski definition) is 1. The van der Waals surface area contributed by atoms with Crippen molar-refractivity contribution in [1.29, 1.82) is 0 Å². The molecule has 0 aromatic heterocycles. The van der Waals surface area contributed by atoms with Crippen molar-refractivity contribution < 1.29 is 4.79 Å². The maximum atomic E-state index is 12.1. The third-order valence-electron chi connectivity index (χ3n) is 3.51. The molecule has 106 valence electrons. The Hall–Kier alpha value is -0.650. The summed E-state index contributed by atoms with van der Waals surface area (Å²) in [7, 11) is 4.09. The first-order valence-electron chi connectivity index (χ1n) is 6.69. The van der Waals surface area contributed by atoms with Gasteiger partial charge in [0.1, 0.15) is 0 Å². The number of piperazine rings is 1. The quantitative estimate of drug-likeness (QED) is 0.732. The van der Waals surface area contributed by atoms with Crippen LogP contribution in [0.1, 0.15) is 13.8 Å². The van der Waals surface area contributed by atoms with Crippen LogP contribution >= 0.6 is 0 Å². The Morgan fingerprint density at radius 1 is 1.28 bits per heavy atom. The minimum Gasteiger partial charge on any atom is -0.339 e. The van der Waals surface area contributed by atoms with Crippen molar-refractivity contribution in [3.8, 4) is 0 Å². The Labute approximate surface area is 111 Å². The molecule has 0 aromatic rings. The third kappa shape index (κ3) is 4.92. The van der Waals surface area contributed by atoms with Crippen molar-refractivity contribution in [3.63, 3.8) is 0 Å². The largest absolute Gasteiger partial charge is 0.339 e. The van der Waals surface area contributed by atoms with Gasteiger partial charge in [-0.05, 0) is 26.1 Å². The van der Waals surface area contributed by atoms with Crippen molar-refractivity contribution in [2.45, 2.75) is 13.8 Å². The van der Waals surface area contributed by atoms with E-state index in [0.29, 0.717) is 13.1 Å². The number of amides is 1. The molecule has 1 fully saturated rings. The van der Waals surface area contributed by atoms with E-state index in [9.17, 15) is 4.79 Å². The van der Waals surface area contributed by atoms with Crippen LogP contribution in [0.3, 0.4) is 0 Å². The van der Waals surface area contributed by atoms with E-state index in [2.05, 4.69) is 30.7 Å². The summed E-state index contributed by atoms with van der Waals surface area (Å²) in [4.78, 5) is 18.4. The fourth-order valence-corrected chi connectivity index (χ4v) is 2.24. The standard InChI is InChI=1S/C13H28N4O/c1-13(2,10-14)11-16(4)9-12(18)17-7-5-15(3)6-8-17/h5-11,14H2,1-4H3. The maximum Gasteiger partial charge on any atom is 0.236 e. The summed E-state index contributed by atoms with van der Waals surface area (Å²) in [5.41, 5.74) is 5.78. The van der Waals surface area contributed by atoms with E-state index >= 15 is 0 Å². The highest BCUT2D eigenvalue weighted by molar-refractivity contribution is 5.78. The molecule has 0 atom stereocenters. The monoisotopic (exact) mass is 256 g/mol. The predicted molar refractivity (Wildman–Crippen MR) is 74.4 cm³/mol. The lowest BCUT2D eigenvalue weighted by Crippen LogP contribution is -2.50. The van der Waals surface area contributed by atoms with E-state index in [1.165, 1.54) is 0 Å². The van der Waals surface area contributed by atoms with Gasteiger partial charge in [-0.2, -0.15) is 0 Å². The van der Waals surface area contributed by atoms with Crippen molar-refractivity contribution in [1.82, 2.24) is 14.7 Å². The van der Waals surface area contributed by atoms with Gasteiger partial charge in [0.15, 0.2) is 0 Å². The van der Waals surface area contributed by atoms with Crippen LogP contribution in [0, 0.1) is 5.41 Å². The molecule has 1 aliphatic rings. The van der Waals surface area contributed by atoms with Crippen LogP contribution in [-0.4, -0.2) is 80.5 Å². The zero-order valence-corrected chi connectivity index (χ0v) is 12.3. The van der Waals surface area contributed by atoms with E-state index in [1.807, 2.05) is 11.9 Å². The summed E-state index contributed by atoms with van der Waals surface area (Å²) < 4.78 is 0. The van der Waals surface area contributed by atoms with Crippen LogP contribution in [0.5, 0.6) is 0 Å². The van der Waals surface area contributed by atoms with Crippen LogP contribution in [0.15, 0.2) is 0 Å². The van der Waals surface area contributed by atoms with Gasteiger partial charge in [-0.3, -0.25) is 9.69 Å². The van der Waals surface area contributed by atoms with Gasteiger partial charge in [-0.1, -0.05) is 13.8 Å². The van der Waals surface area contributed by atoms with Gasteiger partial charge in [-0.25, -0.2) is 0 Å². The van der Waals surface area contributed by atoms with E-state index in [-0.39, 0.29) is 11.3 Å². The second-order valence-electron chi connectivity index (χ2n) is 6.22. The average Bonchev–Trinajstić information content (AvgIpc) is 2.29. The van der Waals surface area contributed by atoms with Gasteiger partial charge in [0, 0.05) is 32.7 Å². The van der Waals surface area contributed by atoms with Crippen molar-refractivity contribution in [2.75, 3.05) is 59.9 Å². The van der Waals surface area contributed by atoms with Crippen molar-refractivity contribution in [2.24, 2.45) is 11.1 Å². The van der Waals surface area contributed by atoms with E-state index < -0.39 is 0 Å². The normalized spacial score (nSPS) is 18.4. The lowest BCUT2D eigenvalue weighted by molar-refractivity contribution is -0.133. The maximum absolute atomic E-state index is 12.1. The molecule has 1 rings (SSSR count). The molecule has 0 spiro atoms. The summed E-state index contributed by atoms with van der Waals surface area (Å²) in [6, 6.07) is 0. The molecule has 1 saturated heterocycles. The van der Waals surface area contributed by atoms with E-state index in [0.717, 1.165) is 32.7 Å². The molecule has 0 aliphatic carbocycles. The highest BCUT2D eigenvalue weighted by atomic mass is 16.2. The summed E-state index contributed by atoms with van der Waals surface area (Å²) in [5.74, 6) is 0.235. The molecular formula is C13H28N4O. The number of nitrogens with zero attached hydrogens (tertiary/aromatic N) is 3. The van der Waals surface area contributed by atoms with Crippen LogP contribution in [0.2, 0.25) is 0 Å². The van der Waals surface area contributed by atoms with Gasteiger partial charge in [0.25, 0.3) is 0 Å². The van der Waals surface area contributed by atoms with Gasteiger partial charge in [-0.15, -0.1) is 0 Å². The molecule has 18 heavy (non-hydrogen) atoms. The molecule has 1 aliphatic heterocycles. The van der Waals surface area contributed by atoms with Gasteiger partial charge < -0.3 is 15.5 Å². The molecule has 0 saturated carbocycles. The Morgan fingerprint density at radius 3 is 2.33 bits per heavy atom. The molecular weight excluding hydrogens is 228 g/mol. The molecule has 0 bridgehead atoms. The summed E-state index contributed by atoms with van der Waals surface area (Å²) in [6.45, 7) is 9.89. The molecule has 0 unspecified atom stereocenters. The minimum absolute atomic E-state index is 0.0666. The van der Waals surface area contributed by atoms with Crippen LogP contribution in [0.4, 0.5) is 0 Å². The Balaban J connectivity index is 2.35. The highest BCUT2D eigenvalue weighted by Crippen LogP contribution is 2.13. The second-order valence-corrected chi connectivity index (χ2v) is 6.22. The van der Waals surface area contributed by atoms with Crippen molar-refractivity contribution in [3.05, 3.63) is 0 Å². The number of nitrogens with two attached hydrogens (primary N) is 1. The average molecular weight is 256 g/mol.